The molecule has 0 radical (unpaired) electrons. The maximum atomic E-state index is 8.92. The van der Waals surface area contributed by atoms with Gasteiger partial charge in [-0.25, -0.2) is 4.68 Å². The van der Waals surface area contributed by atoms with Crippen LogP contribution in [0.3, 0.4) is 0 Å². The van der Waals surface area contributed by atoms with E-state index in [0.717, 1.165) is 25.2 Å². The maximum absolute atomic E-state index is 8.92. The molecule has 1 N–H and O–H groups in total. The van der Waals surface area contributed by atoms with Crippen LogP contribution in [-0.4, -0.2) is 45.6 Å². The van der Waals surface area contributed by atoms with Gasteiger partial charge in [0.25, 0.3) is 0 Å². The Kier molecular flexibility index (Phi) is 4.03. The van der Waals surface area contributed by atoms with Gasteiger partial charge in [0.2, 0.25) is 0 Å². The molecule has 0 amide bonds. The van der Waals surface area contributed by atoms with E-state index in [2.05, 4.69) is 15.2 Å². The largest absolute Gasteiger partial charge is 0.390 e. The smallest absolute Gasteiger partial charge is 0.111 e. The van der Waals surface area contributed by atoms with Crippen molar-refractivity contribution >= 4 is 0 Å². The first kappa shape index (κ1) is 11.1. The summed E-state index contributed by atoms with van der Waals surface area (Å²) < 4.78 is 1.84. The molecule has 0 unspecified atom stereocenters. The number of aliphatic hydroxyl groups is 1. The Morgan fingerprint density at radius 3 is 2.64 bits per heavy atom. The van der Waals surface area contributed by atoms with Gasteiger partial charge in [0.05, 0.1) is 12.3 Å². The molecular weight excluding hydrogens is 180 g/mol. The van der Waals surface area contributed by atoms with Gasteiger partial charge < -0.3 is 10.0 Å². The first-order valence-corrected chi connectivity index (χ1v) is 4.79. The number of aliphatic hydroxyl groups excluding tert-OH is 1. The van der Waals surface area contributed by atoms with Crippen LogP contribution in [0.1, 0.15) is 17.8 Å². The molecule has 0 bridgehead atoms. The minimum absolute atomic E-state index is 0.0283. The Morgan fingerprint density at radius 2 is 2.14 bits per heavy atom. The predicted molar refractivity (Wildman–Crippen MR) is 53.9 cm³/mol. The average molecular weight is 198 g/mol. The topological polar surface area (TPSA) is 54.2 Å². The molecule has 5 nitrogen and oxygen atoms in total. The number of rotatable bonds is 5. The first-order chi connectivity index (χ1) is 6.65. The van der Waals surface area contributed by atoms with E-state index in [1.54, 1.807) is 0 Å². The fraction of sp³-hybridized carbons (Fsp3) is 0.778. The number of hydrogen-bond donors (Lipinski definition) is 1. The number of nitrogens with zero attached hydrogens (tertiary/aromatic N) is 4. The summed E-state index contributed by atoms with van der Waals surface area (Å²) in [4.78, 5) is 2.14. The van der Waals surface area contributed by atoms with Crippen LogP contribution in [-0.2, 0) is 13.2 Å². The second-order valence-electron chi connectivity index (χ2n) is 3.66. The third-order valence-corrected chi connectivity index (χ3v) is 2.20. The lowest BCUT2D eigenvalue weighted by molar-refractivity contribution is 0.276. The zero-order valence-electron chi connectivity index (χ0n) is 9.06. The molecule has 0 aliphatic rings. The molecule has 0 saturated carbocycles. The van der Waals surface area contributed by atoms with E-state index in [4.69, 9.17) is 5.11 Å². The van der Waals surface area contributed by atoms with Gasteiger partial charge >= 0.3 is 0 Å². The van der Waals surface area contributed by atoms with E-state index in [1.807, 2.05) is 25.7 Å². The summed E-state index contributed by atoms with van der Waals surface area (Å²) in [6.45, 7) is 3.80. The SMILES string of the molecule is Cc1c(CO)nnn1CCCN(C)C. The molecule has 1 aromatic heterocycles. The summed E-state index contributed by atoms with van der Waals surface area (Å²) in [5.41, 5.74) is 1.64. The van der Waals surface area contributed by atoms with E-state index in [-0.39, 0.29) is 6.61 Å². The van der Waals surface area contributed by atoms with Crippen LogP contribution in [0.2, 0.25) is 0 Å². The van der Waals surface area contributed by atoms with Crippen molar-refractivity contribution in [1.82, 2.24) is 19.9 Å². The maximum Gasteiger partial charge on any atom is 0.111 e. The Bertz CT molecular complexity index is 282. The van der Waals surface area contributed by atoms with Crippen molar-refractivity contribution in [2.24, 2.45) is 0 Å². The molecule has 1 heterocycles. The molecule has 0 fully saturated rings. The molecule has 0 atom stereocenters. The molecule has 0 aromatic carbocycles. The number of aryl methyl sites for hydroxylation is 1. The lowest BCUT2D eigenvalue weighted by Crippen LogP contribution is -2.15. The standard InChI is InChI=1S/C9H18N4O/c1-8-9(7-14)10-11-13(8)6-4-5-12(2)3/h14H,4-7H2,1-3H3. The van der Waals surface area contributed by atoms with Crippen molar-refractivity contribution in [3.05, 3.63) is 11.4 Å². The zero-order valence-corrected chi connectivity index (χ0v) is 9.06. The van der Waals surface area contributed by atoms with Gasteiger partial charge in [-0.3, -0.25) is 0 Å². The quantitative estimate of drug-likeness (QED) is 0.725. The Labute approximate surface area is 84.3 Å². The molecule has 0 aliphatic carbocycles. The molecule has 14 heavy (non-hydrogen) atoms. The second-order valence-corrected chi connectivity index (χ2v) is 3.66. The summed E-state index contributed by atoms with van der Waals surface area (Å²) in [6.07, 6.45) is 1.04. The van der Waals surface area contributed by atoms with Crippen molar-refractivity contribution in [2.75, 3.05) is 20.6 Å². The average Bonchev–Trinajstić information content (AvgIpc) is 2.47. The van der Waals surface area contributed by atoms with Gasteiger partial charge in [0.15, 0.2) is 0 Å². The summed E-state index contributed by atoms with van der Waals surface area (Å²) in [5.74, 6) is 0. The van der Waals surface area contributed by atoms with Gasteiger partial charge in [-0.05, 0) is 34.0 Å². The molecule has 0 spiro atoms. The number of hydrogen-bond acceptors (Lipinski definition) is 4. The lowest BCUT2D eigenvalue weighted by Gasteiger charge is -2.09. The fourth-order valence-corrected chi connectivity index (χ4v) is 1.29. The van der Waals surface area contributed by atoms with Crippen molar-refractivity contribution in [3.63, 3.8) is 0 Å². The normalized spacial score (nSPS) is 11.2. The van der Waals surface area contributed by atoms with Crippen LogP contribution in [0.15, 0.2) is 0 Å². The molecule has 0 aliphatic heterocycles. The van der Waals surface area contributed by atoms with Crippen LogP contribution in [0.4, 0.5) is 0 Å². The predicted octanol–water partition coefficient (Wildman–Crippen LogP) is 0.0305. The van der Waals surface area contributed by atoms with Crippen molar-refractivity contribution in [1.29, 1.82) is 0 Å². The monoisotopic (exact) mass is 198 g/mol. The molecule has 0 saturated heterocycles. The summed E-state index contributed by atoms with van der Waals surface area (Å²) in [6, 6.07) is 0. The fourth-order valence-electron chi connectivity index (χ4n) is 1.29. The summed E-state index contributed by atoms with van der Waals surface area (Å²) >= 11 is 0. The minimum atomic E-state index is -0.0283. The minimum Gasteiger partial charge on any atom is -0.390 e. The van der Waals surface area contributed by atoms with Crippen molar-refractivity contribution < 1.29 is 5.11 Å². The third kappa shape index (κ3) is 2.78. The molecular formula is C9H18N4O. The first-order valence-electron chi connectivity index (χ1n) is 4.79. The van der Waals surface area contributed by atoms with Crippen LogP contribution >= 0.6 is 0 Å². The Balaban J connectivity index is 2.46. The summed E-state index contributed by atoms with van der Waals surface area (Å²) in [7, 11) is 4.10. The Hall–Kier alpha value is -0.940. The van der Waals surface area contributed by atoms with Gasteiger partial charge in [-0.1, -0.05) is 5.21 Å². The van der Waals surface area contributed by atoms with Gasteiger partial charge in [0.1, 0.15) is 5.69 Å². The molecule has 1 aromatic rings. The lowest BCUT2D eigenvalue weighted by atomic mass is 10.3. The van der Waals surface area contributed by atoms with Crippen LogP contribution in [0.5, 0.6) is 0 Å². The van der Waals surface area contributed by atoms with Crippen LogP contribution in [0, 0.1) is 6.92 Å². The molecule has 5 heteroatoms. The van der Waals surface area contributed by atoms with Gasteiger partial charge in [-0.2, -0.15) is 0 Å². The van der Waals surface area contributed by atoms with Crippen molar-refractivity contribution in [3.8, 4) is 0 Å². The third-order valence-electron chi connectivity index (χ3n) is 2.20. The van der Waals surface area contributed by atoms with E-state index in [1.165, 1.54) is 0 Å². The van der Waals surface area contributed by atoms with Gasteiger partial charge in [-0.15, -0.1) is 5.10 Å². The highest BCUT2D eigenvalue weighted by molar-refractivity contribution is 5.05. The van der Waals surface area contributed by atoms with Crippen LogP contribution in [0.25, 0.3) is 0 Å². The van der Waals surface area contributed by atoms with Crippen molar-refractivity contribution in [2.45, 2.75) is 26.5 Å². The van der Waals surface area contributed by atoms with E-state index < -0.39 is 0 Å². The number of aromatic nitrogens is 3. The van der Waals surface area contributed by atoms with Gasteiger partial charge in [0, 0.05) is 6.54 Å². The van der Waals surface area contributed by atoms with Crippen LogP contribution < -0.4 is 0 Å². The highest BCUT2D eigenvalue weighted by Crippen LogP contribution is 2.03. The molecule has 80 valence electrons. The highest BCUT2D eigenvalue weighted by atomic mass is 16.3. The van der Waals surface area contributed by atoms with E-state index in [9.17, 15) is 0 Å². The zero-order chi connectivity index (χ0) is 10.6. The second kappa shape index (κ2) is 5.07. The summed E-state index contributed by atoms with van der Waals surface area (Å²) in [5, 5.41) is 16.8. The van der Waals surface area contributed by atoms with E-state index >= 15 is 0 Å². The highest BCUT2D eigenvalue weighted by Gasteiger charge is 2.06. The molecule has 1 rings (SSSR count). The Morgan fingerprint density at radius 1 is 1.43 bits per heavy atom. The van der Waals surface area contributed by atoms with E-state index in [0.29, 0.717) is 5.69 Å².